The van der Waals surface area contributed by atoms with Crippen molar-refractivity contribution in [2.75, 3.05) is 33.2 Å². The normalized spacial score (nSPS) is 26.0. The van der Waals surface area contributed by atoms with Gasteiger partial charge in [0.15, 0.2) is 0 Å². The van der Waals surface area contributed by atoms with Gasteiger partial charge in [0.25, 0.3) is 0 Å². The van der Waals surface area contributed by atoms with Crippen LogP contribution >= 0.6 is 0 Å². The number of rotatable bonds is 6. The summed E-state index contributed by atoms with van der Waals surface area (Å²) in [5, 5.41) is 11.0. The van der Waals surface area contributed by atoms with Crippen molar-refractivity contribution in [2.24, 2.45) is 5.41 Å². The van der Waals surface area contributed by atoms with Crippen LogP contribution in [0, 0.1) is 5.41 Å². The summed E-state index contributed by atoms with van der Waals surface area (Å²) in [5.41, 5.74) is 0.765. The maximum atomic E-state index is 13.4. The summed E-state index contributed by atoms with van der Waals surface area (Å²) in [6.45, 7) is 4.85. The van der Waals surface area contributed by atoms with Crippen LogP contribution in [0.25, 0.3) is 0 Å². The molecule has 2 aromatic rings. The number of piperidine rings is 2. The number of likely N-dealkylation sites (N-methyl/N-ethyl adjacent to an activating group) is 1. The Labute approximate surface area is 165 Å². The van der Waals surface area contributed by atoms with Crippen molar-refractivity contribution in [1.82, 2.24) is 40.1 Å². The molecule has 28 heavy (non-hydrogen) atoms. The monoisotopic (exact) mass is 384 g/mol. The third-order valence-corrected chi connectivity index (χ3v) is 6.12. The minimum absolute atomic E-state index is 0.180. The smallest absolute Gasteiger partial charge is 0.227 e. The van der Waals surface area contributed by atoms with Gasteiger partial charge in [-0.15, -0.1) is 5.10 Å². The first-order valence-corrected chi connectivity index (χ1v) is 9.96. The highest BCUT2D eigenvalue weighted by molar-refractivity contribution is 5.83. The Morgan fingerprint density at radius 2 is 2.14 bits per heavy atom. The zero-order valence-electron chi connectivity index (χ0n) is 16.4. The maximum absolute atomic E-state index is 13.4. The number of fused-ring (bicyclic) bond motifs is 1. The van der Waals surface area contributed by atoms with E-state index in [1.165, 1.54) is 0 Å². The average Bonchev–Trinajstić information content (AvgIpc) is 3.23. The van der Waals surface area contributed by atoms with Gasteiger partial charge in [0.2, 0.25) is 5.91 Å². The lowest BCUT2D eigenvalue weighted by molar-refractivity contribution is -0.145. The lowest BCUT2D eigenvalue weighted by Crippen LogP contribution is -2.65. The van der Waals surface area contributed by atoms with Crippen LogP contribution in [0.1, 0.15) is 24.8 Å². The van der Waals surface area contributed by atoms with E-state index >= 15 is 0 Å². The van der Waals surface area contributed by atoms with E-state index in [1.807, 2.05) is 18.6 Å². The number of likely N-dealkylation sites (tertiary alicyclic amines) is 2. The van der Waals surface area contributed by atoms with Gasteiger partial charge in [0, 0.05) is 49.8 Å². The predicted molar refractivity (Wildman–Crippen MR) is 103 cm³/mol. The zero-order chi connectivity index (χ0) is 19.4. The fourth-order valence-corrected chi connectivity index (χ4v) is 4.65. The molecule has 2 aliphatic heterocycles. The largest absolute Gasteiger partial charge is 0.354 e. The van der Waals surface area contributed by atoms with Gasteiger partial charge in [-0.25, -0.2) is 9.97 Å². The topological polar surface area (TPSA) is 92.1 Å². The standard InChI is InChI=1S/C19H28N8O/c1-25-8-4-19(18(28)22-5-9-27-10-6-23-24-27)3-2-7-26(17(19)14-25)13-16-11-20-15-21-12-16/h6,10-12,15,17H,2-5,7-9,13-14H2,1H3,(H,22,28)/t17-,19+/m0/s1. The highest BCUT2D eigenvalue weighted by atomic mass is 16.2. The number of amides is 1. The number of nitrogens with one attached hydrogen (secondary N) is 1. The summed E-state index contributed by atoms with van der Waals surface area (Å²) < 4.78 is 1.74. The summed E-state index contributed by atoms with van der Waals surface area (Å²) >= 11 is 0. The highest BCUT2D eigenvalue weighted by Gasteiger charge is 2.52. The predicted octanol–water partition coefficient (Wildman–Crippen LogP) is 0.171. The van der Waals surface area contributed by atoms with E-state index in [0.29, 0.717) is 13.1 Å². The molecule has 150 valence electrons. The van der Waals surface area contributed by atoms with Crippen molar-refractivity contribution >= 4 is 5.91 Å². The number of nitrogens with zero attached hydrogens (tertiary/aromatic N) is 7. The molecule has 2 atom stereocenters. The molecule has 2 aromatic heterocycles. The van der Waals surface area contributed by atoms with Crippen LogP contribution < -0.4 is 5.32 Å². The van der Waals surface area contributed by atoms with E-state index in [-0.39, 0.29) is 17.4 Å². The van der Waals surface area contributed by atoms with Crippen molar-refractivity contribution in [3.05, 3.63) is 36.7 Å². The van der Waals surface area contributed by atoms with Crippen LogP contribution in [0.2, 0.25) is 0 Å². The van der Waals surface area contributed by atoms with Gasteiger partial charge in [0.05, 0.1) is 18.2 Å². The highest BCUT2D eigenvalue weighted by Crippen LogP contribution is 2.43. The Bertz CT molecular complexity index is 768. The van der Waals surface area contributed by atoms with E-state index in [1.54, 1.807) is 17.2 Å². The second-order valence-electron chi connectivity index (χ2n) is 7.93. The van der Waals surface area contributed by atoms with Crippen molar-refractivity contribution in [3.8, 4) is 0 Å². The Morgan fingerprint density at radius 1 is 1.29 bits per heavy atom. The molecule has 2 aliphatic rings. The second kappa shape index (κ2) is 8.32. The van der Waals surface area contributed by atoms with Gasteiger partial charge in [-0.3, -0.25) is 14.4 Å². The Morgan fingerprint density at radius 3 is 2.93 bits per heavy atom. The number of hydrogen-bond donors (Lipinski definition) is 1. The maximum Gasteiger partial charge on any atom is 0.227 e. The fraction of sp³-hybridized carbons (Fsp3) is 0.632. The summed E-state index contributed by atoms with van der Waals surface area (Å²) in [5.74, 6) is 0.180. The molecule has 0 bridgehead atoms. The molecule has 9 nitrogen and oxygen atoms in total. The first-order valence-electron chi connectivity index (χ1n) is 9.96. The van der Waals surface area contributed by atoms with Crippen molar-refractivity contribution < 1.29 is 4.79 Å². The number of carbonyl (C=O) groups is 1. The van der Waals surface area contributed by atoms with Crippen LogP contribution in [-0.4, -0.2) is 79.9 Å². The van der Waals surface area contributed by atoms with Gasteiger partial charge in [0.1, 0.15) is 6.33 Å². The van der Waals surface area contributed by atoms with Gasteiger partial charge < -0.3 is 10.2 Å². The SMILES string of the molecule is CN1CC[C@]2(C(=O)NCCn3ccnn3)CCCN(Cc3cncnc3)[C@H]2C1. The summed E-state index contributed by atoms with van der Waals surface area (Å²) in [7, 11) is 2.14. The third-order valence-electron chi connectivity index (χ3n) is 6.12. The molecular formula is C19H28N8O. The molecule has 0 unspecified atom stereocenters. The molecule has 4 rings (SSSR count). The molecule has 0 aliphatic carbocycles. The molecule has 1 amide bonds. The third kappa shape index (κ3) is 3.90. The first-order chi connectivity index (χ1) is 13.7. The van der Waals surface area contributed by atoms with E-state index in [9.17, 15) is 4.79 Å². The van der Waals surface area contributed by atoms with Gasteiger partial charge >= 0.3 is 0 Å². The minimum atomic E-state index is -0.331. The fourth-order valence-electron chi connectivity index (χ4n) is 4.65. The van der Waals surface area contributed by atoms with E-state index in [0.717, 1.165) is 51.0 Å². The molecule has 0 saturated carbocycles. The van der Waals surface area contributed by atoms with Crippen molar-refractivity contribution in [1.29, 1.82) is 0 Å². The lowest BCUT2D eigenvalue weighted by Gasteiger charge is -2.53. The van der Waals surface area contributed by atoms with Crippen molar-refractivity contribution in [3.63, 3.8) is 0 Å². The summed E-state index contributed by atoms with van der Waals surface area (Å²) in [6, 6.07) is 0.201. The van der Waals surface area contributed by atoms with Crippen LogP contribution in [0.4, 0.5) is 0 Å². The van der Waals surface area contributed by atoms with E-state index in [2.05, 4.69) is 42.4 Å². The average molecular weight is 384 g/mol. The van der Waals surface area contributed by atoms with Gasteiger partial charge in [-0.1, -0.05) is 5.21 Å². The molecule has 0 aromatic carbocycles. The van der Waals surface area contributed by atoms with Gasteiger partial charge in [-0.2, -0.15) is 0 Å². The molecule has 2 saturated heterocycles. The Balaban J connectivity index is 1.48. The van der Waals surface area contributed by atoms with Crippen molar-refractivity contribution in [2.45, 2.75) is 38.4 Å². The van der Waals surface area contributed by atoms with Crippen LogP contribution in [-0.2, 0) is 17.9 Å². The molecule has 0 radical (unpaired) electrons. The minimum Gasteiger partial charge on any atom is -0.354 e. The van der Waals surface area contributed by atoms with Crippen LogP contribution in [0.15, 0.2) is 31.1 Å². The molecule has 1 N–H and O–H groups in total. The quantitative estimate of drug-likeness (QED) is 0.759. The van der Waals surface area contributed by atoms with Gasteiger partial charge in [-0.05, 0) is 39.4 Å². The first kappa shape index (κ1) is 18.9. The molecule has 0 spiro atoms. The van der Waals surface area contributed by atoms with Crippen LogP contribution in [0.3, 0.4) is 0 Å². The molecule has 9 heteroatoms. The Hall–Kier alpha value is -2.39. The number of hydrogen-bond acceptors (Lipinski definition) is 7. The number of carbonyl (C=O) groups excluding carboxylic acids is 1. The van der Waals surface area contributed by atoms with Crippen LogP contribution in [0.5, 0.6) is 0 Å². The zero-order valence-corrected chi connectivity index (χ0v) is 16.4. The molecule has 2 fully saturated rings. The lowest BCUT2D eigenvalue weighted by atomic mass is 9.67. The van der Waals surface area contributed by atoms with E-state index in [4.69, 9.17) is 0 Å². The summed E-state index contributed by atoms with van der Waals surface area (Å²) in [4.78, 5) is 26.4. The Kier molecular flexibility index (Phi) is 5.63. The number of aromatic nitrogens is 5. The summed E-state index contributed by atoms with van der Waals surface area (Å²) in [6.07, 6.45) is 11.6. The molecule has 4 heterocycles. The molecular weight excluding hydrogens is 356 g/mol. The van der Waals surface area contributed by atoms with E-state index < -0.39 is 0 Å². The second-order valence-corrected chi connectivity index (χ2v) is 7.93.